The van der Waals surface area contributed by atoms with Crippen LogP contribution in [0, 0.1) is 6.92 Å². The molecule has 1 aromatic carbocycles. The third kappa shape index (κ3) is 5.03. The van der Waals surface area contributed by atoms with Gasteiger partial charge >= 0.3 is 4.87 Å². The Labute approximate surface area is 151 Å². The van der Waals surface area contributed by atoms with Crippen LogP contribution in [-0.4, -0.2) is 16.6 Å². The molecule has 0 radical (unpaired) electrons. The lowest BCUT2D eigenvalue weighted by Crippen LogP contribution is -2.25. The van der Waals surface area contributed by atoms with Gasteiger partial charge in [0.15, 0.2) is 0 Å². The zero-order chi connectivity index (χ0) is 17.6. The van der Waals surface area contributed by atoms with Gasteiger partial charge in [0, 0.05) is 16.8 Å². The molecule has 134 valence electrons. The number of aryl methyl sites for hydroxylation is 1. The van der Waals surface area contributed by atoms with Crippen molar-refractivity contribution in [3.8, 4) is 0 Å². The lowest BCUT2D eigenvalue weighted by atomic mass is 9.98. The van der Waals surface area contributed by atoms with Crippen LogP contribution in [0.25, 0.3) is 0 Å². The maximum atomic E-state index is 12.2. The lowest BCUT2D eigenvalue weighted by Gasteiger charge is -2.22. The quantitative estimate of drug-likeness (QED) is 0.854. The van der Waals surface area contributed by atoms with E-state index in [4.69, 9.17) is 4.74 Å². The minimum atomic E-state index is -0.200. The van der Waals surface area contributed by atoms with Gasteiger partial charge in [-0.15, -0.1) is 0 Å². The fourth-order valence-electron chi connectivity index (χ4n) is 3.13. The molecule has 0 spiro atoms. The maximum absolute atomic E-state index is 12.2. The van der Waals surface area contributed by atoms with Crippen molar-refractivity contribution in [1.82, 2.24) is 4.57 Å². The number of ether oxygens (including phenoxy) is 1. The van der Waals surface area contributed by atoms with Crippen molar-refractivity contribution in [2.24, 2.45) is 0 Å². The fourth-order valence-corrected chi connectivity index (χ4v) is 3.86. The highest BCUT2D eigenvalue weighted by Crippen LogP contribution is 2.22. The summed E-state index contributed by atoms with van der Waals surface area (Å²) >= 11 is 1.11. The predicted molar refractivity (Wildman–Crippen MR) is 100 cm³/mol. The molecule has 0 saturated heterocycles. The molecule has 1 aliphatic carbocycles. The molecule has 1 saturated carbocycles. The molecule has 0 aliphatic heterocycles. The van der Waals surface area contributed by atoms with E-state index in [1.54, 1.807) is 5.38 Å². The van der Waals surface area contributed by atoms with Crippen LogP contribution in [0.1, 0.15) is 43.4 Å². The summed E-state index contributed by atoms with van der Waals surface area (Å²) in [5, 5.41) is 4.63. The smallest absolute Gasteiger partial charge is 0.307 e. The Bertz CT molecular complexity index is 775. The normalized spacial score (nSPS) is 15.2. The fraction of sp³-hybridized carbons (Fsp3) is 0.474. The van der Waals surface area contributed by atoms with Crippen molar-refractivity contribution >= 4 is 22.9 Å². The highest BCUT2D eigenvalue weighted by molar-refractivity contribution is 7.07. The van der Waals surface area contributed by atoms with Crippen LogP contribution in [0.5, 0.6) is 0 Å². The number of carbonyl (C=O) groups excluding carboxylic acids is 1. The van der Waals surface area contributed by atoms with E-state index in [1.807, 2.05) is 31.2 Å². The van der Waals surface area contributed by atoms with Crippen molar-refractivity contribution in [2.45, 2.75) is 58.3 Å². The standard InChI is InChI=1S/C19H24N2O3S/c1-14-13-25-19(23)21(14)11-18(22)20-16-7-5-6-15(10-16)12-24-17-8-3-2-4-9-17/h5-7,10,13,17H,2-4,8-9,11-12H2,1H3,(H,20,22). The second-order valence-corrected chi connectivity index (χ2v) is 7.37. The lowest BCUT2D eigenvalue weighted by molar-refractivity contribution is -0.116. The van der Waals surface area contributed by atoms with Crippen molar-refractivity contribution in [1.29, 1.82) is 0 Å². The number of aromatic nitrogens is 1. The second kappa shape index (κ2) is 8.45. The van der Waals surface area contributed by atoms with E-state index in [-0.39, 0.29) is 17.3 Å². The number of nitrogens with zero attached hydrogens (tertiary/aromatic N) is 1. The second-order valence-electron chi connectivity index (χ2n) is 6.55. The Morgan fingerprint density at radius 3 is 2.84 bits per heavy atom. The number of rotatable bonds is 6. The Hall–Kier alpha value is -1.92. The van der Waals surface area contributed by atoms with Gasteiger partial charge in [-0.1, -0.05) is 42.7 Å². The molecule has 1 fully saturated rings. The van der Waals surface area contributed by atoms with Crippen LogP contribution in [0.4, 0.5) is 5.69 Å². The summed E-state index contributed by atoms with van der Waals surface area (Å²) in [7, 11) is 0. The number of nitrogens with one attached hydrogen (secondary N) is 1. The largest absolute Gasteiger partial charge is 0.374 e. The van der Waals surface area contributed by atoms with Gasteiger partial charge in [-0.2, -0.15) is 0 Å². The summed E-state index contributed by atoms with van der Waals surface area (Å²) in [5.41, 5.74) is 2.59. The van der Waals surface area contributed by atoms with Gasteiger partial charge < -0.3 is 10.1 Å². The molecule has 1 heterocycles. The third-order valence-corrected chi connectivity index (χ3v) is 5.41. The summed E-state index contributed by atoms with van der Waals surface area (Å²) in [5.74, 6) is -0.200. The van der Waals surface area contributed by atoms with Gasteiger partial charge in [0.05, 0.1) is 12.7 Å². The van der Waals surface area contributed by atoms with Crippen LogP contribution in [0.15, 0.2) is 34.4 Å². The van der Waals surface area contributed by atoms with Gasteiger partial charge in [0.2, 0.25) is 5.91 Å². The van der Waals surface area contributed by atoms with Crippen LogP contribution >= 0.6 is 11.3 Å². The van der Waals surface area contributed by atoms with E-state index in [0.717, 1.165) is 41.1 Å². The highest BCUT2D eigenvalue weighted by atomic mass is 32.1. The first-order valence-electron chi connectivity index (χ1n) is 8.77. The number of hydrogen-bond acceptors (Lipinski definition) is 4. The molecule has 0 bridgehead atoms. The molecule has 1 N–H and O–H groups in total. The first kappa shape index (κ1) is 17.9. The molecular formula is C19H24N2O3S. The third-order valence-electron chi connectivity index (χ3n) is 4.53. The Morgan fingerprint density at radius 2 is 2.12 bits per heavy atom. The van der Waals surface area contributed by atoms with Gasteiger partial charge in [-0.3, -0.25) is 14.2 Å². The Balaban J connectivity index is 1.55. The maximum Gasteiger partial charge on any atom is 0.307 e. The van der Waals surface area contributed by atoms with Crippen LogP contribution in [0.2, 0.25) is 0 Å². The number of thiazole rings is 1. The molecule has 5 nitrogen and oxygen atoms in total. The molecule has 1 amide bonds. The zero-order valence-electron chi connectivity index (χ0n) is 14.5. The summed E-state index contributed by atoms with van der Waals surface area (Å²) in [4.78, 5) is 23.8. The molecule has 0 atom stereocenters. The molecule has 1 aliphatic rings. The van der Waals surface area contributed by atoms with Crippen LogP contribution in [-0.2, 0) is 22.7 Å². The van der Waals surface area contributed by atoms with Gasteiger partial charge in [0.1, 0.15) is 6.54 Å². The number of amides is 1. The van der Waals surface area contributed by atoms with Crippen molar-refractivity contribution in [2.75, 3.05) is 5.32 Å². The first-order valence-corrected chi connectivity index (χ1v) is 9.65. The molecule has 25 heavy (non-hydrogen) atoms. The summed E-state index contributed by atoms with van der Waals surface area (Å²) in [6.45, 7) is 2.43. The Morgan fingerprint density at radius 1 is 1.32 bits per heavy atom. The average molecular weight is 360 g/mol. The molecule has 1 aromatic heterocycles. The topological polar surface area (TPSA) is 60.3 Å². The number of carbonyl (C=O) groups is 1. The van der Waals surface area contributed by atoms with E-state index in [0.29, 0.717) is 12.7 Å². The van der Waals surface area contributed by atoms with Crippen LogP contribution < -0.4 is 10.2 Å². The van der Waals surface area contributed by atoms with Crippen molar-refractivity contribution in [3.05, 3.63) is 50.6 Å². The predicted octanol–water partition coefficient (Wildman–Crippen LogP) is 3.71. The van der Waals surface area contributed by atoms with E-state index >= 15 is 0 Å². The van der Waals surface area contributed by atoms with E-state index in [1.165, 1.54) is 23.8 Å². The van der Waals surface area contributed by atoms with Gasteiger partial charge in [-0.05, 0) is 37.5 Å². The number of anilines is 1. The SMILES string of the molecule is Cc1csc(=O)n1CC(=O)Nc1cccc(COC2CCCCC2)c1. The van der Waals surface area contributed by atoms with E-state index in [9.17, 15) is 9.59 Å². The summed E-state index contributed by atoms with van der Waals surface area (Å²) < 4.78 is 7.47. The summed E-state index contributed by atoms with van der Waals surface area (Å²) in [6.07, 6.45) is 6.47. The molecule has 6 heteroatoms. The number of hydrogen-bond donors (Lipinski definition) is 1. The van der Waals surface area contributed by atoms with E-state index in [2.05, 4.69) is 5.32 Å². The Kier molecular flexibility index (Phi) is 6.04. The first-order chi connectivity index (χ1) is 12.1. The van der Waals surface area contributed by atoms with Gasteiger partial charge in [-0.25, -0.2) is 0 Å². The van der Waals surface area contributed by atoms with E-state index < -0.39 is 0 Å². The van der Waals surface area contributed by atoms with Gasteiger partial charge in [0.25, 0.3) is 0 Å². The molecule has 0 unspecified atom stereocenters. The summed E-state index contributed by atoms with van der Waals surface area (Å²) in [6, 6.07) is 7.71. The zero-order valence-corrected chi connectivity index (χ0v) is 15.3. The molecular weight excluding hydrogens is 336 g/mol. The molecule has 2 aromatic rings. The van der Waals surface area contributed by atoms with Crippen molar-refractivity contribution in [3.63, 3.8) is 0 Å². The van der Waals surface area contributed by atoms with Crippen LogP contribution in [0.3, 0.4) is 0 Å². The molecule has 3 rings (SSSR count). The average Bonchev–Trinajstić information content (AvgIpc) is 2.93. The monoisotopic (exact) mass is 360 g/mol. The van der Waals surface area contributed by atoms with Crippen molar-refractivity contribution < 1.29 is 9.53 Å². The minimum Gasteiger partial charge on any atom is -0.374 e. The highest BCUT2D eigenvalue weighted by Gasteiger charge is 2.14. The number of benzene rings is 1. The minimum absolute atomic E-state index is 0.0387.